The monoisotopic (exact) mass is 228 g/mol. The number of rotatable bonds is 2. The molecule has 0 radical (unpaired) electrons. The van der Waals surface area contributed by atoms with E-state index in [1.165, 1.54) is 0 Å². The zero-order valence-electron chi connectivity index (χ0n) is 9.47. The number of ether oxygens (including phenoxy) is 2. The highest BCUT2D eigenvalue weighted by Gasteiger charge is 2.49. The van der Waals surface area contributed by atoms with Crippen LogP contribution in [0.15, 0.2) is 42.5 Å². The summed E-state index contributed by atoms with van der Waals surface area (Å²) in [5.41, 5.74) is -0.739. The zero-order chi connectivity index (χ0) is 11.9. The van der Waals surface area contributed by atoms with E-state index in [1.807, 2.05) is 36.4 Å². The minimum atomic E-state index is -0.739. The van der Waals surface area contributed by atoms with Gasteiger partial charge in [-0.25, -0.2) is 4.79 Å². The van der Waals surface area contributed by atoms with Gasteiger partial charge in [-0.1, -0.05) is 36.4 Å². The van der Waals surface area contributed by atoms with Crippen molar-refractivity contribution in [1.29, 1.82) is 0 Å². The lowest BCUT2D eigenvalue weighted by molar-refractivity contribution is -0.139. The second-order valence-electron chi connectivity index (χ2n) is 4.39. The molecule has 0 spiro atoms. The standard InChI is InChI=1S/C14H12O3/c1-14(9-16-14)13(15)17-12-8-4-6-10-5-2-3-7-11(10)12/h2-8H,9H2,1H3. The first-order chi connectivity index (χ1) is 8.19. The highest BCUT2D eigenvalue weighted by molar-refractivity contribution is 5.92. The molecule has 2 aromatic carbocycles. The van der Waals surface area contributed by atoms with Gasteiger partial charge in [0.25, 0.3) is 0 Å². The number of carbonyl (C=O) groups is 1. The van der Waals surface area contributed by atoms with E-state index >= 15 is 0 Å². The lowest BCUT2D eigenvalue weighted by Gasteiger charge is -2.09. The third-order valence-corrected chi connectivity index (χ3v) is 2.96. The van der Waals surface area contributed by atoms with Crippen LogP contribution in [0.1, 0.15) is 6.92 Å². The van der Waals surface area contributed by atoms with Crippen LogP contribution in [0.2, 0.25) is 0 Å². The summed E-state index contributed by atoms with van der Waals surface area (Å²) in [6.45, 7) is 2.18. The van der Waals surface area contributed by atoms with E-state index in [2.05, 4.69) is 0 Å². The SMILES string of the molecule is CC1(C(=O)Oc2cccc3ccccc23)CO1. The first-order valence-corrected chi connectivity index (χ1v) is 5.53. The molecule has 1 unspecified atom stereocenters. The van der Waals surface area contributed by atoms with Crippen molar-refractivity contribution in [3.05, 3.63) is 42.5 Å². The van der Waals surface area contributed by atoms with Crippen LogP contribution in [0.3, 0.4) is 0 Å². The minimum absolute atomic E-state index is 0.325. The molecule has 1 heterocycles. The average molecular weight is 228 g/mol. The van der Waals surface area contributed by atoms with Gasteiger partial charge in [0, 0.05) is 5.39 Å². The fourth-order valence-corrected chi connectivity index (χ4v) is 1.72. The zero-order valence-corrected chi connectivity index (χ0v) is 9.47. The molecule has 17 heavy (non-hydrogen) atoms. The predicted octanol–water partition coefficient (Wildman–Crippen LogP) is 2.53. The van der Waals surface area contributed by atoms with E-state index in [-0.39, 0.29) is 5.97 Å². The van der Waals surface area contributed by atoms with E-state index in [9.17, 15) is 4.79 Å². The summed E-state index contributed by atoms with van der Waals surface area (Å²) in [5, 5.41) is 1.99. The van der Waals surface area contributed by atoms with Crippen molar-refractivity contribution in [2.24, 2.45) is 0 Å². The Balaban J connectivity index is 1.97. The molecule has 1 fully saturated rings. The van der Waals surface area contributed by atoms with Gasteiger partial charge in [0.05, 0.1) is 6.61 Å². The Kier molecular flexibility index (Phi) is 2.16. The van der Waals surface area contributed by atoms with E-state index in [4.69, 9.17) is 9.47 Å². The van der Waals surface area contributed by atoms with Crippen LogP contribution in [0.5, 0.6) is 5.75 Å². The van der Waals surface area contributed by atoms with Crippen molar-refractivity contribution < 1.29 is 14.3 Å². The van der Waals surface area contributed by atoms with Crippen molar-refractivity contribution in [2.75, 3.05) is 6.61 Å². The normalized spacial score (nSPS) is 22.4. The maximum absolute atomic E-state index is 11.8. The summed E-state index contributed by atoms with van der Waals surface area (Å²) < 4.78 is 10.5. The van der Waals surface area contributed by atoms with Crippen LogP contribution in [-0.4, -0.2) is 18.2 Å². The number of hydrogen-bond donors (Lipinski definition) is 0. The number of hydrogen-bond acceptors (Lipinski definition) is 3. The van der Waals surface area contributed by atoms with Gasteiger partial charge in [0.1, 0.15) is 5.75 Å². The summed E-state index contributed by atoms with van der Waals surface area (Å²) in [6.07, 6.45) is 0. The van der Waals surface area contributed by atoms with Crippen LogP contribution in [0.4, 0.5) is 0 Å². The first-order valence-electron chi connectivity index (χ1n) is 5.53. The van der Waals surface area contributed by atoms with Crippen LogP contribution in [0.25, 0.3) is 10.8 Å². The average Bonchev–Trinajstić information content (AvgIpc) is 3.09. The molecule has 1 atom stereocenters. The van der Waals surface area contributed by atoms with Crippen molar-refractivity contribution in [3.8, 4) is 5.75 Å². The predicted molar refractivity (Wildman–Crippen MR) is 63.9 cm³/mol. The second kappa shape index (κ2) is 3.57. The molecular weight excluding hydrogens is 216 g/mol. The molecule has 1 saturated heterocycles. The smallest absolute Gasteiger partial charge is 0.345 e. The van der Waals surface area contributed by atoms with Crippen molar-refractivity contribution in [3.63, 3.8) is 0 Å². The van der Waals surface area contributed by atoms with E-state index < -0.39 is 5.60 Å². The molecule has 86 valence electrons. The van der Waals surface area contributed by atoms with E-state index in [0.29, 0.717) is 12.4 Å². The summed E-state index contributed by atoms with van der Waals surface area (Å²) in [5.74, 6) is 0.263. The number of benzene rings is 2. The largest absolute Gasteiger partial charge is 0.424 e. The maximum Gasteiger partial charge on any atom is 0.345 e. The third-order valence-electron chi connectivity index (χ3n) is 2.96. The summed E-state index contributed by atoms with van der Waals surface area (Å²) in [4.78, 5) is 11.8. The van der Waals surface area contributed by atoms with Crippen LogP contribution < -0.4 is 4.74 Å². The summed E-state index contributed by atoms with van der Waals surface area (Å²) >= 11 is 0. The van der Waals surface area contributed by atoms with Gasteiger partial charge in [-0.2, -0.15) is 0 Å². The second-order valence-corrected chi connectivity index (χ2v) is 4.39. The lowest BCUT2D eigenvalue weighted by atomic mass is 10.1. The first kappa shape index (κ1) is 10.3. The van der Waals surface area contributed by atoms with Crippen LogP contribution >= 0.6 is 0 Å². The molecule has 1 aliphatic rings. The van der Waals surface area contributed by atoms with E-state index in [1.54, 1.807) is 13.0 Å². The van der Waals surface area contributed by atoms with Gasteiger partial charge < -0.3 is 9.47 Å². The highest BCUT2D eigenvalue weighted by atomic mass is 16.6. The van der Waals surface area contributed by atoms with Crippen LogP contribution in [0, 0.1) is 0 Å². The Bertz CT molecular complexity index is 580. The third kappa shape index (κ3) is 1.78. The molecule has 0 bridgehead atoms. The van der Waals surface area contributed by atoms with Crippen LogP contribution in [-0.2, 0) is 9.53 Å². The maximum atomic E-state index is 11.8. The fourth-order valence-electron chi connectivity index (χ4n) is 1.72. The molecule has 3 heteroatoms. The van der Waals surface area contributed by atoms with Crippen molar-refractivity contribution in [1.82, 2.24) is 0 Å². The number of epoxide rings is 1. The molecule has 0 N–H and O–H groups in total. The van der Waals surface area contributed by atoms with Crippen molar-refractivity contribution >= 4 is 16.7 Å². The Labute approximate surface area is 99.0 Å². The number of fused-ring (bicyclic) bond motifs is 1. The Morgan fingerprint density at radius 2 is 1.94 bits per heavy atom. The van der Waals surface area contributed by atoms with Crippen molar-refractivity contribution in [2.45, 2.75) is 12.5 Å². The fraction of sp³-hybridized carbons (Fsp3) is 0.214. The highest BCUT2D eigenvalue weighted by Crippen LogP contribution is 2.31. The molecule has 0 aromatic heterocycles. The number of carbonyl (C=O) groups excluding carboxylic acids is 1. The van der Waals surface area contributed by atoms with Gasteiger partial charge in [0.15, 0.2) is 5.60 Å². The van der Waals surface area contributed by atoms with Gasteiger partial charge >= 0.3 is 5.97 Å². The van der Waals surface area contributed by atoms with Gasteiger partial charge in [0.2, 0.25) is 0 Å². The molecule has 3 rings (SSSR count). The Morgan fingerprint density at radius 1 is 1.24 bits per heavy atom. The molecule has 0 aliphatic carbocycles. The molecule has 1 aliphatic heterocycles. The molecule has 2 aromatic rings. The number of esters is 1. The molecule has 0 saturated carbocycles. The lowest BCUT2D eigenvalue weighted by Crippen LogP contribution is -2.26. The van der Waals surface area contributed by atoms with E-state index in [0.717, 1.165) is 10.8 Å². The summed E-state index contributed by atoms with van der Waals surface area (Å²) in [6, 6.07) is 13.5. The van der Waals surface area contributed by atoms with Gasteiger partial charge in [-0.05, 0) is 18.4 Å². The topological polar surface area (TPSA) is 38.8 Å². The van der Waals surface area contributed by atoms with Gasteiger partial charge in [-0.3, -0.25) is 0 Å². The Morgan fingerprint density at radius 3 is 2.71 bits per heavy atom. The summed E-state index contributed by atoms with van der Waals surface area (Å²) in [7, 11) is 0. The van der Waals surface area contributed by atoms with Gasteiger partial charge in [-0.15, -0.1) is 0 Å². The quantitative estimate of drug-likeness (QED) is 0.450. The molecule has 3 nitrogen and oxygen atoms in total. The minimum Gasteiger partial charge on any atom is -0.424 e. The molecular formula is C14H12O3. The Hall–Kier alpha value is -1.87. The molecule has 0 amide bonds.